The van der Waals surface area contributed by atoms with E-state index in [1.165, 1.54) is 12.2 Å². The van der Waals surface area contributed by atoms with E-state index in [1.807, 2.05) is 6.07 Å². The molecule has 0 bridgehead atoms. The molecule has 4 rings (SSSR count). The number of benzene rings is 2. The summed E-state index contributed by atoms with van der Waals surface area (Å²) >= 11 is 5.68. The number of nitrogens with two attached hydrogens (primary N) is 1. The molecule has 12 heteroatoms. The molecule has 1 aliphatic carbocycles. The number of anilines is 1. The average molecular weight is 479 g/mol. The number of aromatic amines is 1. The summed E-state index contributed by atoms with van der Waals surface area (Å²) in [6.45, 7) is 0. The summed E-state index contributed by atoms with van der Waals surface area (Å²) in [7, 11) is 0. The van der Waals surface area contributed by atoms with Gasteiger partial charge in [0.1, 0.15) is 0 Å². The average Bonchev–Trinajstić information content (AvgIpc) is 3.29. The zero-order valence-corrected chi connectivity index (χ0v) is 17.3. The summed E-state index contributed by atoms with van der Waals surface area (Å²) in [5, 5.41) is 12.5. The van der Waals surface area contributed by atoms with Crippen molar-refractivity contribution in [2.45, 2.75) is 17.9 Å². The number of halogens is 5. The van der Waals surface area contributed by atoms with Crippen LogP contribution in [0.1, 0.15) is 22.9 Å². The number of rotatable bonds is 4. The Morgan fingerprint density at radius 3 is 2.52 bits per heavy atom. The van der Waals surface area contributed by atoms with E-state index in [-0.39, 0.29) is 5.82 Å². The first kappa shape index (κ1) is 22.5. The molecular weight excluding hydrogens is 464 g/mol. The first-order valence-electron chi connectivity index (χ1n) is 9.46. The highest BCUT2D eigenvalue weighted by atomic mass is 35.5. The monoisotopic (exact) mass is 478 g/mol. The fourth-order valence-corrected chi connectivity index (χ4v) is 3.86. The molecule has 2 unspecified atom stereocenters. The van der Waals surface area contributed by atoms with Crippen molar-refractivity contribution >= 4 is 28.9 Å². The van der Waals surface area contributed by atoms with Gasteiger partial charge in [-0.1, -0.05) is 54.1 Å². The van der Waals surface area contributed by atoms with Crippen LogP contribution in [0.5, 0.6) is 0 Å². The van der Waals surface area contributed by atoms with Crippen LogP contribution in [-0.2, 0) is 6.18 Å². The Morgan fingerprint density at radius 2 is 1.91 bits per heavy atom. The zero-order valence-electron chi connectivity index (χ0n) is 16.6. The fourth-order valence-electron chi connectivity index (χ4n) is 3.63. The number of carbonyl (C=O) groups is 1. The van der Waals surface area contributed by atoms with E-state index in [9.17, 15) is 18.0 Å². The number of nitrogens with one attached hydrogen (secondary N) is 1. The van der Waals surface area contributed by atoms with E-state index in [4.69, 9.17) is 17.3 Å². The highest BCUT2D eigenvalue weighted by Crippen LogP contribution is 2.45. The number of alkyl halides is 4. The number of primary amides is 1. The minimum Gasteiger partial charge on any atom is -0.351 e. The van der Waals surface area contributed by atoms with Crippen LogP contribution < -0.4 is 10.6 Å². The number of nitrogens with zero attached hydrogens (tertiary/aromatic N) is 4. The third-order valence-electron chi connectivity index (χ3n) is 5.12. The molecule has 1 aromatic heterocycles. The molecule has 1 heterocycles. The smallest absolute Gasteiger partial charge is 0.351 e. The first-order valence-corrected chi connectivity index (χ1v) is 9.84. The van der Waals surface area contributed by atoms with E-state index >= 15 is 4.39 Å². The summed E-state index contributed by atoms with van der Waals surface area (Å²) in [4.78, 5) is 12.8. The lowest BCUT2D eigenvalue weighted by Gasteiger charge is -2.40. The molecule has 0 fully saturated rings. The van der Waals surface area contributed by atoms with Crippen molar-refractivity contribution < 1.29 is 22.4 Å². The van der Waals surface area contributed by atoms with Gasteiger partial charge in [-0.2, -0.15) is 13.2 Å². The Hall–Kier alpha value is -3.73. The van der Waals surface area contributed by atoms with Gasteiger partial charge in [0, 0.05) is 5.69 Å². The number of amides is 2. The second-order valence-corrected chi connectivity index (χ2v) is 7.56. The SMILES string of the molecule is NC(=O)N(c1ccc(Cl)c(C(F)(F)F)c1)C1(F)C=CC(c2ccccc2)=CC1c1nnn[nH]1. The minimum absolute atomic E-state index is 0.0634. The van der Waals surface area contributed by atoms with Gasteiger partial charge in [-0.25, -0.2) is 14.3 Å². The van der Waals surface area contributed by atoms with Gasteiger partial charge in [0.2, 0.25) is 5.79 Å². The first-order chi connectivity index (χ1) is 15.6. The fraction of sp³-hybridized carbons (Fsp3) is 0.143. The maximum Gasteiger partial charge on any atom is 0.417 e. The Morgan fingerprint density at radius 1 is 1.18 bits per heavy atom. The van der Waals surface area contributed by atoms with Gasteiger partial charge in [0.25, 0.3) is 0 Å². The number of urea groups is 1. The number of hydrogen-bond acceptors (Lipinski definition) is 4. The lowest BCUT2D eigenvalue weighted by Crippen LogP contribution is -2.54. The van der Waals surface area contributed by atoms with Gasteiger partial charge >= 0.3 is 12.2 Å². The van der Waals surface area contributed by atoms with Crippen LogP contribution in [-0.4, -0.2) is 32.4 Å². The second kappa shape index (κ2) is 8.32. The third kappa shape index (κ3) is 4.19. The molecule has 2 atom stereocenters. The number of carbonyl (C=O) groups excluding carboxylic acids is 1. The number of H-pyrrole nitrogens is 1. The topological polar surface area (TPSA) is 101 Å². The van der Waals surface area contributed by atoms with Crippen LogP contribution in [0.4, 0.5) is 28.0 Å². The molecule has 170 valence electrons. The van der Waals surface area contributed by atoms with Crippen LogP contribution in [0.25, 0.3) is 5.57 Å². The maximum atomic E-state index is 16.7. The molecule has 7 nitrogen and oxygen atoms in total. The summed E-state index contributed by atoms with van der Waals surface area (Å²) in [5.74, 6) is -4.14. The van der Waals surface area contributed by atoms with Crippen molar-refractivity contribution in [2.75, 3.05) is 4.90 Å². The van der Waals surface area contributed by atoms with Crippen LogP contribution in [0.2, 0.25) is 5.02 Å². The second-order valence-electron chi connectivity index (χ2n) is 7.15. The predicted molar refractivity (Wildman–Crippen MR) is 113 cm³/mol. The Labute approximate surface area is 189 Å². The maximum absolute atomic E-state index is 16.7. The van der Waals surface area contributed by atoms with Crippen molar-refractivity contribution in [3.05, 3.63) is 88.7 Å². The highest BCUT2D eigenvalue weighted by molar-refractivity contribution is 6.31. The van der Waals surface area contributed by atoms with Crippen molar-refractivity contribution in [3.8, 4) is 0 Å². The third-order valence-corrected chi connectivity index (χ3v) is 5.45. The zero-order chi connectivity index (χ0) is 23.8. The van der Waals surface area contributed by atoms with Gasteiger partial charge in [0.15, 0.2) is 5.82 Å². The quantitative estimate of drug-likeness (QED) is 0.413. The van der Waals surface area contributed by atoms with E-state index in [0.29, 0.717) is 16.5 Å². The molecule has 2 aromatic carbocycles. The predicted octanol–water partition coefficient (Wildman–Crippen LogP) is 4.86. The molecular formula is C21H15ClF4N6O. The molecule has 1 aliphatic rings. The summed E-state index contributed by atoms with van der Waals surface area (Å²) < 4.78 is 56.9. The van der Waals surface area contributed by atoms with Crippen LogP contribution in [0.15, 0.2) is 66.8 Å². The molecule has 3 N–H and O–H groups in total. The molecule has 0 spiro atoms. The summed E-state index contributed by atoms with van der Waals surface area (Å²) in [5.41, 5.74) is 5.10. The van der Waals surface area contributed by atoms with Crippen molar-refractivity contribution in [2.24, 2.45) is 5.73 Å². The Balaban J connectivity index is 1.86. The van der Waals surface area contributed by atoms with Crippen molar-refractivity contribution in [1.82, 2.24) is 20.6 Å². The van der Waals surface area contributed by atoms with E-state index in [1.54, 1.807) is 24.3 Å². The number of tetrazole rings is 1. The van der Waals surface area contributed by atoms with Gasteiger partial charge in [-0.05, 0) is 45.8 Å². The molecule has 33 heavy (non-hydrogen) atoms. The van der Waals surface area contributed by atoms with E-state index < -0.39 is 40.2 Å². The van der Waals surface area contributed by atoms with Crippen LogP contribution >= 0.6 is 11.6 Å². The molecule has 0 saturated carbocycles. The molecule has 2 amide bonds. The number of aromatic nitrogens is 4. The van der Waals surface area contributed by atoms with Gasteiger partial charge < -0.3 is 5.73 Å². The van der Waals surface area contributed by atoms with Crippen molar-refractivity contribution in [3.63, 3.8) is 0 Å². The Kier molecular flexibility index (Phi) is 5.66. The minimum atomic E-state index is -4.84. The lowest BCUT2D eigenvalue weighted by atomic mass is 9.85. The van der Waals surface area contributed by atoms with Gasteiger partial charge in [-0.15, -0.1) is 5.10 Å². The highest BCUT2D eigenvalue weighted by Gasteiger charge is 2.49. The normalized spacial score (nSPS) is 20.4. The molecule has 3 aromatic rings. The number of hydrogen-bond donors (Lipinski definition) is 2. The summed E-state index contributed by atoms with van der Waals surface area (Å²) in [6.07, 6.45) is -0.924. The molecule has 0 saturated heterocycles. The number of allylic oxidation sites excluding steroid dienone is 2. The largest absolute Gasteiger partial charge is 0.417 e. The molecule has 0 aliphatic heterocycles. The van der Waals surface area contributed by atoms with Gasteiger partial charge in [0.05, 0.1) is 16.5 Å². The van der Waals surface area contributed by atoms with Crippen molar-refractivity contribution in [1.29, 1.82) is 0 Å². The Bertz CT molecular complexity index is 1230. The van der Waals surface area contributed by atoms with Gasteiger partial charge in [-0.3, -0.25) is 4.90 Å². The summed E-state index contributed by atoms with van der Waals surface area (Å²) in [6, 6.07) is 10.2. The molecule has 0 radical (unpaired) electrons. The standard InChI is InChI=1S/C21H15ClF4N6O/c22-17-7-6-14(11-15(17)21(24,25)26)32(19(27)33)20(23)9-8-13(12-4-2-1-3-5-12)10-16(20)18-28-30-31-29-18/h1-11,16H,(H2,27,33)(H,28,29,30,31). The lowest BCUT2D eigenvalue weighted by molar-refractivity contribution is -0.137. The van der Waals surface area contributed by atoms with E-state index in [0.717, 1.165) is 23.8 Å². The van der Waals surface area contributed by atoms with E-state index in [2.05, 4.69) is 20.6 Å². The van der Waals surface area contributed by atoms with Crippen LogP contribution in [0, 0.1) is 0 Å². The van der Waals surface area contributed by atoms with Crippen LogP contribution in [0.3, 0.4) is 0 Å².